The Morgan fingerprint density at radius 1 is 0.791 bits per heavy atom. The average molecular weight is 924 g/mol. The van der Waals surface area contributed by atoms with Gasteiger partial charge in [-0.05, 0) is 124 Å². The van der Waals surface area contributed by atoms with Crippen molar-refractivity contribution >= 4 is 56.8 Å². The minimum atomic E-state index is -1.40. The first kappa shape index (κ1) is 45.0. The third-order valence-corrected chi connectivity index (χ3v) is 14.0. The van der Waals surface area contributed by atoms with E-state index in [9.17, 15) is 34.2 Å². The maximum Gasteiger partial charge on any atom is 0.340 e. The lowest BCUT2D eigenvalue weighted by Crippen LogP contribution is -2.42. The number of fused-ring (bicyclic) bond motifs is 7. The quantitative estimate of drug-likeness (QED) is 0.0498. The van der Waals surface area contributed by atoms with Gasteiger partial charge >= 0.3 is 5.97 Å². The number of phenols is 2. The number of benzene rings is 4. The molecule has 2 aromatic heterocycles. The summed E-state index contributed by atoms with van der Waals surface area (Å²) < 4.78 is 14.9. The second kappa shape index (κ2) is 19.0. The molecule has 1 fully saturated rings. The maximum atomic E-state index is 13.7. The number of hydrogen-bond acceptors (Lipinski definition) is 10. The lowest BCUT2D eigenvalue weighted by atomic mass is 9.77. The number of carbonyl (C=O) groups excluding carboxylic acids is 5. The van der Waals surface area contributed by atoms with Gasteiger partial charge in [-0.1, -0.05) is 31.0 Å². The van der Waals surface area contributed by atoms with Gasteiger partial charge in [0.2, 0.25) is 11.8 Å². The van der Waals surface area contributed by atoms with Gasteiger partial charge in [0, 0.05) is 71.7 Å². The van der Waals surface area contributed by atoms with Gasteiger partial charge in [-0.3, -0.25) is 19.2 Å². The minimum Gasteiger partial charge on any atom is -0.508 e. The molecule has 0 saturated heterocycles. The molecule has 4 heterocycles. The molecule has 1 aliphatic carbocycles. The van der Waals surface area contributed by atoms with Crippen LogP contribution >= 0.6 is 11.3 Å². The SMILES string of the molecule is CCN(C(=O)Cn1c(C(=O)NC2CCC(C(=O)NCCCCCCNC(=O)c3ccc4c(c3)C(=O)OC43c4ccc(O)cc4Oc4cc(O)ccc43)CC2)cc2sccc21)c1cccc(C)c1. The fourth-order valence-electron chi connectivity index (χ4n) is 9.72. The lowest BCUT2D eigenvalue weighted by Gasteiger charge is -2.36. The molecule has 1 saturated carbocycles. The summed E-state index contributed by atoms with van der Waals surface area (Å²) in [5.74, 6) is -0.842. The number of ether oxygens (including phenoxy) is 2. The summed E-state index contributed by atoms with van der Waals surface area (Å²) >= 11 is 1.54. The zero-order valence-electron chi connectivity index (χ0n) is 37.4. The summed E-state index contributed by atoms with van der Waals surface area (Å²) in [6, 6.07) is 25.6. The number of phenolic OH excluding ortho intramolecular Hbond substituents is 2. The highest BCUT2D eigenvalue weighted by Crippen LogP contribution is 2.57. The van der Waals surface area contributed by atoms with Gasteiger partial charge in [0.25, 0.3) is 11.8 Å². The van der Waals surface area contributed by atoms with Gasteiger partial charge in [0.15, 0.2) is 5.60 Å². The number of thiophene rings is 1. The second-order valence-corrected chi connectivity index (χ2v) is 18.5. The Hall–Kier alpha value is -7.13. The highest BCUT2D eigenvalue weighted by molar-refractivity contribution is 7.17. The molecule has 14 nitrogen and oxygen atoms in total. The number of aryl methyl sites for hydroxylation is 1. The standard InChI is InChI=1S/C52H53N5O9S/c1-3-56(35-10-8-9-31(2)25-35)47(60)30-57-42-21-24-67-46(42)29-43(57)50(63)55-34-14-11-32(12-15-34)48(61)53-22-6-4-5-7-23-54-49(62)33-13-18-39-38(26-33)51(64)66-52(39)40-19-16-36(58)27-44(40)65-45-28-37(59)17-20-41(45)52/h8-10,13,16-21,24-29,32,34,58-59H,3-7,11-12,14-15,22-23,30H2,1-2H3,(H,53,61)(H,54,62)(H,55,63). The van der Waals surface area contributed by atoms with Crippen LogP contribution in [0.25, 0.3) is 10.2 Å². The van der Waals surface area contributed by atoms with Crippen LogP contribution < -0.4 is 25.6 Å². The van der Waals surface area contributed by atoms with Crippen LogP contribution in [0.15, 0.2) is 96.4 Å². The van der Waals surface area contributed by atoms with Crippen molar-refractivity contribution in [3.63, 3.8) is 0 Å². The number of aromatic nitrogens is 1. The van der Waals surface area contributed by atoms with Crippen molar-refractivity contribution in [3.05, 3.63) is 135 Å². The Bertz CT molecular complexity index is 2840. The van der Waals surface area contributed by atoms with Crippen molar-refractivity contribution < 1.29 is 43.7 Å². The van der Waals surface area contributed by atoms with Crippen molar-refractivity contribution in [2.75, 3.05) is 24.5 Å². The number of likely N-dealkylation sites (N-methyl/N-ethyl adjacent to an activating group) is 1. The monoisotopic (exact) mass is 923 g/mol. The number of aromatic hydroxyl groups is 2. The van der Waals surface area contributed by atoms with Crippen molar-refractivity contribution in [2.24, 2.45) is 5.92 Å². The van der Waals surface area contributed by atoms with E-state index >= 15 is 0 Å². The topological polar surface area (TPSA) is 189 Å². The van der Waals surface area contributed by atoms with Gasteiger partial charge < -0.3 is 45.1 Å². The summed E-state index contributed by atoms with van der Waals surface area (Å²) in [5.41, 5.74) is 3.89. The Morgan fingerprint density at radius 3 is 2.16 bits per heavy atom. The first-order valence-electron chi connectivity index (χ1n) is 23.0. The van der Waals surface area contributed by atoms with Crippen LogP contribution in [-0.2, 0) is 26.5 Å². The maximum absolute atomic E-state index is 13.7. The van der Waals surface area contributed by atoms with E-state index in [1.165, 1.54) is 41.7 Å². The summed E-state index contributed by atoms with van der Waals surface area (Å²) in [6.45, 7) is 5.49. The van der Waals surface area contributed by atoms with E-state index in [4.69, 9.17) is 9.47 Å². The van der Waals surface area contributed by atoms with Gasteiger partial charge in [0.1, 0.15) is 35.2 Å². The molecule has 6 aromatic rings. The van der Waals surface area contributed by atoms with E-state index in [0.29, 0.717) is 73.3 Å². The zero-order valence-corrected chi connectivity index (χ0v) is 38.2. The van der Waals surface area contributed by atoms with Gasteiger partial charge in [0.05, 0.1) is 15.8 Å². The van der Waals surface area contributed by atoms with E-state index in [2.05, 4.69) is 16.0 Å². The Kier molecular flexibility index (Phi) is 12.8. The number of nitrogens with zero attached hydrogens (tertiary/aromatic N) is 2. The first-order valence-corrected chi connectivity index (χ1v) is 23.8. The van der Waals surface area contributed by atoms with Gasteiger partial charge in [-0.15, -0.1) is 11.3 Å². The average Bonchev–Trinajstić information content (AvgIpc) is 4.00. The van der Waals surface area contributed by atoms with Crippen LogP contribution in [0.3, 0.4) is 0 Å². The number of esters is 1. The fourth-order valence-corrected chi connectivity index (χ4v) is 10.5. The molecule has 0 unspecified atom stereocenters. The van der Waals surface area contributed by atoms with Gasteiger partial charge in [-0.2, -0.15) is 0 Å². The number of nitrogens with one attached hydrogen (secondary N) is 3. The van der Waals surface area contributed by atoms with Gasteiger partial charge in [-0.25, -0.2) is 4.79 Å². The summed E-state index contributed by atoms with van der Waals surface area (Å²) in [4.78, 5) is 68.8. The predicted octanol–water partition coefficient (Wildman–Crippen LogP) is 8.44. The molecule has 1 spiro atoms. The molecule has 67 heavy (non-hydrogen) atoms. The van der Waals surface area contributed by atoms with E-state index in [-0.39, 0.29) is 70.7 Å². The van der Waals surface area contributed by atoms with Crippen LogP contribution in [0.1, 0.15) is 112 Å². The van der Waals surface area contributed by atoms with Crippen LogP contribution in [0, 0.1) is 12.8 Å². The van der Waals surface area contributed by atoms with Crippen molar-refractivity contribution in [1.29, 1.82) is 0 Å². The predicted molar refractivity (Wildman–Crippen MR) is 254 cm³/mol. The Morgan fingerprint density at radius 2 is 1.48 bits per heavy atom. The number of amides is 4. The minimum absolute atomic E-state index is 0.0340. The molecule has 15 heteroatoms. The normalized spacial score (nSPS) is 16.6. The molecule has 4 aromatic carbocycles. The molecule has 9 rings (SSSR count). The van der Waals surface area contributed by atoms with Crippen molar-refractivity contribution in [2.45, 2.75) is 83.4 Å². The third kappa shape index (κ3) is 8.95. The Balaban J connectivity index is 0.700. The molecule has 5 N–H and O–H groups in total. The first-order chi connectivity index (χ1) is 32.4. The van der Waals surface area contributed by atoms with E-state index in [1.54, 1.807) is 29.2 Å². The molecular weight excluding hydrogens is 871 g/mol. The van der Waals surface area contributed by atoms with Crippen LogP contribution in [-0.4, -0.2) is 70.1 Å². The third-order valence-electron chi connectivity index (χ3n) is 13.1. The number of rotatable bonds is 15. The highest BCUT2D eigenvalue weighted by atomic mass is 32.1. The number of unbranched alkanes of at least 4 members (excludes halogenated alkanes) is 3. The molecule has 346 valence electrons. The molecule has 0 bridgehead atoms. The molecule has 3 aliphatic rings. The summed E-state index contributed by atoms with van der Waals surface area (Å²) in [6.07, 6.45) is 5.99. The van der Waals surface area contributed by atoms with E-state index < -0.39 is 11.6 Å². The fraction of sp³-hybridized carbons (Fsp3) is 0.327. The van der Waals surface area contributed by atoms with Crippen molar-refractivity contribution in [3.8, 4) is 23.0 Å². The zero-order chi connectivity index (χ0) is 46.8. The Labute approximate surface area is 391 Å². The summed E-state index contributed by atoms with van der Waals surface area (Å²) in [5, 5.41) is 31.5. The number of anilines is 1. The second-order valence-electron chi connectivity index (χ2n) is 17.5. The molecule has 0 atom stereocenters. The molecule has 2 aliphatic heterocycles. The smallest absolute Gasteiger partial charge is 0.340 e. The molecule has 0 radical (unpaired) electrons. The van der Waals surface area contributed by atoms with E-state index in [0.717, 1.165) is 47.2 Å². The van der Waals surface area contributed by atoms with Crippen LogP contribution in [0.5, 0.6) is 23.0 Å². The number of carbonyl (C=O) groups is 5. The summed E-state index contributed by atoms with van der Waals surface area (Å²) in [7, 11) is 0. The van der Waals surface area contributed by atoms with Crippen LogP contribution in [0.2, 0.25) is 0 Å². The number of hydrogen-bond donors (Lipinski definition) is 5. The lowest BCUT2D eigenvalue weighted by molar-refractivity contribution is -0.126. The highest BCUT2D eigenvalue weighted by Gasteiger charge is 2.54. The van der Waals surface area contributed by atoms with Crippen molar-refractivity contribution in [1.82, 2.24) is 20.5 Å². The molecule has 4 amide bonds. The van der Waals surface area contributed by atoms with E-state index in [1.807, 2.05) is 60.2 Å². The van der Waals surface area contributed by atoms with Crippen LogP contribution in [0.4, 0.5) is 5.69 Å². The molecular formula is C52H53N5O9S. The largest absolute Gasteiger partial charge is 0.508 e.